The second kappa shape index (κ2) is 17.2. The first kappa shape index (κ1) is 38.8. The second-order valence-electron chi connectivity index (χ2n) is 15.6. The van der Waals surface area contributed by atoms with Crippen molar-refractivity contribution in [3.05, 3.63) is 185 Å². The number of hydrogen-bond acceptors (Lipinski definition) is 5. The molecular formula is C49H51N5O3. The van der Waals surface area contributed by atoms with E-state index in [0.717, 1.165) is 64.9 Å². The van der Waals surface area contributed by atoms with Gasteiger partial charge in [-0.3, -0.25) is 9.69 Å². The SMILES string of the molecule is Cc1ccc(C2=C(C(=O)Nc3ccc(N(CCn4nccc4NC(c4ccccc4)(c4ccccc4)c4ccccc4)C(=O)OC(C)(C)C)cc3)CCCC2)cc1. The van der Waals surface area contributed by atoms with Gasteiger partial charge in [-0.25, -0.2) is 9.48 Å². The third-order valence-electron chi connectivity index (χ3n) is 10.4. The van der Waals surface area contributed by atoms with Crippen LogP contribution in [0.5, 0.6) is 0 Å². The van der Waals surface area contributed by atoms with E-state index >= 15 is 0 Å². The summed E-state index contributed by atoms with van der Waals surface area (Å²) in [4.78, 5) is 29.1. The third-order valence-corrected chi connectivity index (χ3v) is 10.4. The number of nitrogens with zero attached hydrogens (tertiary/aromatic N) is 3. The van der Waals surface area contributed by atoms with Gasteiger partial charge < -0.3 is 15.4 Å². The summed E-state index contributed by atoms with van der Waals surface area (Å²) in [6.07, 6.45) is 4.99. The smallest absolute Gasteiger partial charge is 0.414 e. The molecule has 8 heteroatoms. The zero-order chi connectivity index (χ0) is 39.8. The van der Waals surface area contributed by atoms with Crippen molar-refractivity contribution in [1.29, 1.82) is 0 Å². The highest BCUT2D eigenvalue weighted by atomic mass is 16.6. The predicted octanol–water partition coefficient (Wildman–Crippen LogP) is 11.0. The maximum atomic E-state index is 13.8. The largest absolute Gasteiger partial charge is 0.443 e. The van der Waals surface area contributed by atoms with Gasteiger partial charge in [-0.1, -0.05) is 121 Å². The molecule has 0 spiro atoms. The number of carbonyl (C=O) groups is 2. The summed E-state index contributed by atoms with van der Waals surface area (Å²) < 4.78 is 7.80. The van der Waals surface area contributed by atoms with Crippen LogP contribution < -0.4 is 15.5 Å². The van der Waals surface area contributed by atoms with E-state index in [4.69, 9.17) is 9.84 Å². The van der Waals surface area contributed by atoms with Crippen molar-refractivity contribution in [3.8, 4) is 0 Å². The van der Waals surface area contributed by atoms with Crippen molar-refractivity contribution >= 4 is 34.8 Å². The van der Waals surface area contributed by atoms with Crippen LogP contribution in [0.3, 0.4) is 0 Å². The Morgan fingerprint density at radius 3 is 1.84 bits per heavy atom. The molecule has 290 valence electrons. The lowest BCUT2D eigenvalue weighted by atomic mass is 9.77. The molecule has 0 aliphatic heterocycles. The summed E-state index contributed by atoms with van der Waals surface area (Å²) in [6, 6.07) is 49.0. The van der Waals surface area contributed by atoms with Gasteiger partial charge in [0.1, 0.15) is 17.0 Å². The number of hydrogen-bond donors (Lipinski definition) is 2. The Morgan fingerprint density at radius 1 is 0.719 bits per heavy atom. The Kier molecular flexibility index (Phi) is 11.7. The van der Waals surface area contributed by atoms with Crippen LogP contribution >= 0.6 is 0 Å². The highest BCUT2D eigenvalue weighted by molar-refractivity contribution is 6.09. The summed E-state index contributed by atoms with van der Waals surface area (Å²) in [5.41, 5.74) is 7.33. The molecule has 2 N–H and O–H groups in total. The summed E-state index contributed by atoms with van der Waals surface area (Å²) in [5, 5.41) is 11.8. The molecule has 0 saturated carbocycles. The highest BCUT2D eigenvalue weighted by Gasteiger charge is 2.37. The maximum Gasteiger partial charge on any atom is 0.414 e. The summed E-state index contributed by atoms with van der Waals surface area (Å²) in [6.45, 7) is 8.30. The van der Waals surface area contributed by atoms with Crippen molar-refractivity contribution in [2.45, 2.75) is 71.1 Å². The number of rotatable bonds is 12. The number of ether oxygens (including phenoxy) is 1. The molecule has 1 aliphatic rings. The van der Waals surface area contributed by atoms with Gasteiger partial charge in [0.15, 0.2) is 0 Å². The van der Waals surface area contributed by atoms with Gasteiger partial charge in [-0.2, -0.15) is 5.10 Å². The number of aryl methyl sites for hydroxylation is 1. The van der Waals surface area contributed by atoms with Gasteiger partial charge >= 0.3 is 6.09 Å². The average molecular weight is 758 g/mol. The summed E-state index contributed by atoms with van der Waals surface area (Å²) in [5.74, 6) is 0.703. The van der Waals surface area contributed by atoms with E-state index in [9.17, 15) is 9.59 Å². The molecule has 5 aromatic carbocycles. The second-order valence-corrected chi connectivity index (χ2v) is 15.6. The van der Waals surface area contributed by atoms with E-state index < -0.39 is 17.2 Å². The Labute approximate surface area is 336 Å². The minimum atomic E-state index is -0.749. The first-order chi connectivity index (χ1) is 27.6. The fourth-order valence-corrected chi connectivity index (χ4v) is 7.59. The molecule has 0 saturated heterocycles. The van der Waals surface area contributed by atoms with Crippen LogP contribution in [0.25, 0.3) is 5.57 Å². The molecule has 7 rings (SSSR count). The first-order valence-electron chi connectivity index (χ1n) is 19.8. The molecular weight excluding hydrogens is 707 g/mol. The summed E-state index contributed by atoms with van der Waals surface area (Å²) in [7, 11) is 0. The van der Waals surface area contributed by atoms with E-state index in [1.54, 1.807) is 11.1 Å². The number of anilines is 3. The van der Waals surface area contributed by atoms with Crippen molar-refractivity contribution in [1.82, 2.24) is 9.78 Å². The Bertz CT molecular complexity index is 2200. The molecule has 1 heterocycles. The van der Waals surface area contributed by atoms with Gasteiger partial charge in [0.2, 0.25) is 0 Å². The van der Waals surface area contributed by atoms with Crippen LogP contribution in [0.2, 0.25) is 0 Å². The lowest BCUT2D eigenvalue weighted by Crippen LogP contribution is -2.40. The molecule has 0 fully saturated rings. The normalized spacial score (nSPS) is 13.2. The maximum absolute atomic E-state index is 13.8. The number of allylic oxidation sites excluding steroid dienone is 1. The van der Waals surface area contributed by atoms with Gasteiger partial charge in [-0.15, -0.1) is 0 Å². The van der Waals surface area contributed by atoms with E-state index in [2.05, 4.69) is 115 Å². The molecule has 1 aromatic heterocycles. The van der Waals surface area contributed by atoms with E-state index in [1.165, 1.54) is 5.56 Å². The topological polar surface area (TPSA) is 88.5 Å². The highest BCUT2D eigenvalue weighted by Crippen LogP contribution is 2.40. The average Bonchev–Trinajstić information content (AvgIpc) is 3.67. The molecule has 6 aromatic rings. The quantitative estimate of drug-likeness (QED) is 0.121. The van der Waals surface area contributed by atoms with E-state index in [-0.39, 0.29) is 12.5 Å². The van der Waals surface area contributed by atoms with Crippen LogP contribution in [-0.4, -0.2) is 33.9 Å². The van der Waals surface area contributed by atoms with Crippen molar-refractivity contribution in [2.24, 2.45) is 0 Å². The Morgan fingerprint density at radius 2 is 1.28 bits per heavy atom. The number of benzene rings is 5. The molecule has 0 unspecified atom stereocenters. The van der Waals surface area contributed by atoms with Crippen LogP contribution in [0, 0.1) is 6.92 Å². The standard InChI is InChI=1S/C49H51N5O3/c1-36-24-26-37(27-25-36)43-22-14-15-23-44(43)46(55)51-41-28-30-42(31-29-41)53(47(56)57-48(2,3)4)34-35-54-45(32-33-50-54)52-49(38-16-8-5-9-17-38,39-18-10-6-11-19-39)40-20-12-7-13-21-40/h5-13,16-21,24-33,52H,14-15,22-23,34-35H2,1-4H3,(H,51,55). The van der Waals surface area contributed by atoms with Crippen LogP contribution in [-0.2, 0) is 21.6 Å². The van der Waals surface area contributed by atoms with Gasteiger partial charge in [-0.05, 0) is 105 Å². The lowest BCUT2D eigenvalue weighted by Gasteiger charge is -2.38. The van der Waals surface area contributed by atoms with Gasteiger partial charge in [0.05, 0.1) is 12.7 Å². The lowest BCUT2D eigenvalue weighted by molar-refractivity contribution is -0.113. The third kappa shape index (κ3) is 9.02. The zero-order valence-electron chi connectivity index (χ0n) is 33.2. The molecule has 0 bridgehead atoms. The van der Waals surface area contributed by atoms with Crippen molar-refractivity contribution in [3.63, 3.8) is 0 Å². The monoisotopic (exact) mass is 757 g/mol. The molecule has 0 radical (unpaired) electrons. The van der Waals surface area contributed by atoms with E-state index in [0.29, 0.717) is 17.9 Å². The molecule has 8 nitrogen and oxygen atoms in total. The summed E-state index contributed by atoms with van der Waals surface area (Å²) >= 11 is 0. The first-order valence-corrected chi connectivity index (χ1v) is 19.8. The number of aromatic nitrogens is 2. The van der Waals surface area contributed by atoms with Crippen LogP contribution in [0.4, 0.5) is 22.0 Å². The molecule has 0 atom stereocenters. The fraction of sp³-hybridized carbons (Fsp3) is 0.245. The van der Waals surface area contributed by atoms with E-state index in [1.807, 2.05) is 74.0 Å². The fourth-order valence-electron chi connectivity index (χ4n) is 7.59. The minimum absolute atomic E-state index is 0.0849. The predicted molar refractivity (Wildman–Crippen MR) is 230 cm³/mol. The molecule has 2 amide bonds. The van der Waals surface area contributed by atoms with Crippen molar-refractivity contribution < 1.29 is 14.3 Å². The number of carbonyl (C=O) groups excluding carboxylic acids is 2. The number of nitrogens with one attached hydrogen (secondary N) is 2. The molecule has 1 aliphatic carbocycles. The Hall–Kier alpha value is -6.41. The van der Waals surface area contributed by atoms with Gasteiger partial charge in [0.25, 0.3) is 5.91 Å². The van der Waals surface area contributed by atoms with Crippen molar-refractivity contribution in [2.75, 3.05) is 22.1 Å². The van der Waals surface area contributed by atoms with Crippen LogP contribution in [0.15, 0.2) is 157 Å². The molecule has 57 heavy (non-hydrogen) atoms. The Balaban J connectivity index is 1.15. The van der Waals surface area contributed by atoms with Gasteiger partial charge in [0, 0.05) is 29.6 Å². The number of amides is 2. The minimum Gasteiger partial charge on any atom is -0.443 e. The van der Waals surface area contributed by atoms with Crippen LogP contribution in [0.1, 0.15) is 74.3 Å². The zero-order valence-corrected chi connectivity index (χ0v) is 33.2.